The van der Waals surface area contributed by atoms with Gasteiger partial charge in [0.15, 0.2) is 0 Å². The molecule has 0 fully saturated rings. The minimum Gasteiger partial charge on any atom is -0.345 e. The van der Waals surface area contributed by atoms with Crippen molar-refractivity contribution in [2.24, 2.45) is 0 Å². The van der Waals surface area contributed by atoms with Gasteiger partial charge in [-0.25, -0.2) is 4.98 Å². The number of aromatic nitrogens is 2. The maximum Gasteiger partial charge on any atom is 0.256 e. The molecule has 1 amide bonds. The second-order valence-corrected chi connectivity index (χ2v) is 5.99. The monoisotopic (exact) mass is 323 g/mol. The smallest absolute Gasteiger partial charge is 0.256 e. The highest BCUT2D eigenvalue weighted by Gasteiger charge is 2.29. The van der Waals surface area contributed by atoms with Gasteiger partial charge in [-0.3, -0.25) is 4.79 Å². The second kappa shape index (κ2) is 5.35. The lowest BCUT2D eigenvalue weighted by molar-refractivity contribution is 0.0642. The summed E-state index contributed by atoms with van der Waals surface area (Å²) >= 11 is 11.7. The lowest BCUT2D eigenvalue weighted by atomic mass is 10.1. The number of carbonyl (C=O) groups is 1. The fraction of sp³-hybridized carbons (Fsp3) is 0.333. The summed E-state index contributed by atoms with van der Waals surface area (Å²) in [5.74, 6) is -0.0707. The average Bonchev–Trinajstić information content (AvgIpc) is 2.84. The SMILES string of the molecule is Cc1ccc2n1CCN(C(=O)c1cnc(Cl)c(Cl)c1)C2C. The van der Waals surface area contributed by atoms with Gasteiger partial charge in [0.1, 0.15) is 5.15 Å². The number of hydrogen-bond donors (Lipinski definition) is 0. The maximum atomic E-state index is 12.7. The van der Waals surface area contributed by atoms with E-state index in [1.165, 1.54) is 11.9 Å². The maximum absolute atomic E-state index is 12.7. The summed E-state index contributed by atoms with van der Waals surface area (Å²) in [6.07, 6.45) is 1.47. The molecule has 1 atom stereocenters. The summed E-state index contributed by atoms with van der Waals surface area (Å²) in [6.45, 7) is 5.59. The average molecular weight is 324 g/mol. The number of fused-ring (bicyclic) bond motifs is 1. The van der Waals surface area contributed by atoms with Crippen LogP contribution in [0.2, 0.25) is 10.2 Å². The first-order valence-electron chi connectivity index (χ1n) is 6.77. The predicted molar refractivity (Wildman–Crippen MR) is 82.9 cm³/mol. The summed E-state index contributed by atoms with van der Waals surface area (Å²) < 4.78 is 2.25. The third-order valence-corrected chi connectivity index (χ3v) is 4.68. The molecule has 0 aliphatic carbocycles. The molecule has 0 saturated carbocycles. The Labute approximate surface area is 133 Å². The Morgan fingerprint density at radius 3 is 2.81 bits per heavy atom. The van der Waals surface area contributed by atoms with E-state index in [0.29, 0.717) is 17.1 Å². The Balaban J connectivity index is 1.91. The van der Waals surface area contributed by atoms with E-state index in [0.717, 1.165) is 12.2 Å². The van der Waals surface area contributed by atoms with Crippen LogP contribution in [0.25, 0.3) is 0 Å². The van der Waals surface area contributed by atoms with Gasteiger partial charge in [-0.15, -0.1) is 0 Å². The van der Waals surface area contributed by atoms with Crippen molar-refractivity contribution in [2.45, 2.75) is 26.4 Å². The lowest BCUT2D eigenvalue weighted by Crippen LogP contribution is -2.41. The highest BCUT2D eigenvalue weighted by molar-refractivity contribution is 6.41. The summed E-state index contributed by atoms with van der Waals surface area (Å²) in [7, 11) is 0. The molecule has 2 aromatic rings. The molecule has 4 nitrogen and oxygen atoms in total. The van der Waals surface area contributed by atoms with Crippen LogP contribution >= 0.6 is 23.2 Å². The van der Waals surface area contributed by atoms with E-state index in [-0.39, 0.29) is 17.1 Å². The van der Waals surface area contributed by atoms with E-state index in [1.807, 2.05) is 11.8 Å². The molecular weight excluding hydrogens is 309 g/mol. The number of hydrogen-bond acceptors (Lipinski definition) is 2. The predicted octanol–water partition coefficient (Wildman–Crippen LogP) is 3.72. The van der Waals surface area contributed by atoms with Crippen molar-refractivity contribution in [3.63, 3.8) is 0 Å². The molecule has 6 heteroatoms. The Bertz CT molecular complexity index is 711. The molecule has 3 rings (SSSR count). The number of amides is 1. The van der Waals surface area contributed by atoms with Crippen LogP contribution in [0.4, 0.5) is 0 Å². The van der Waals surface area contributed by atoms with Gasteiger partial charge >= 0.3 is 0 Å². The molecule has 1 unspecified atom stereocenters. The van der Waals surface area contributed by atoms with Crippen molar-refractivity contribution in [2.75, 3.05) is 6.54 Å². The molecule has 0 bridgehead atoms. The van der Waals surface area contributed by atoms with Gasteiger partial charge in [-0.05, 0) is 32.0 Å². The first kappa shape index (κ1) is 14.4. The van der Waals surface area contributed by atoms with E-state index in [2.05, 4.69) is 28.6 Å². The molecule has 2 aromatic heterocycles. The summed E-state index contributed by atoms with van der Waals surface area (Å²) in [5.41, 5.74) is 2.84. The standard InChI is InChI=1S/C15H15Cl2N3O/c1-9-3-4-13-10(2)20(6-5-19(9)13)15(21)11-7-12(16)14(17)18-8-11/h3-4,7-8,10H,5-6H2,1-2H3. The van der Waals surface area contributed by atoms with Crippen LogP contribution in [-0.2, 0) is 6.54 Å². The Morgan fingerprint density at radius 1 is 1.33 bits per heavy atom. The molecule has 1 aliphatic heterocycles. The van der Waals surface area contributed by atoms with Crippen LogP contribution < -0.4 is 0 Å². The van der Waals surface area contributed by atoms with E-state index >= 15 is 0 Å². The number of pyridine rings is 1. The molecule has 0 aromatic carbocycles. The summed E-state index contributed by atoms with van der Waals surface area (Å²) in [4.78, 5) is 18.5. The van der Waals surface area contributed by atoms with Crippen molar-refractivity contribution >= 4 is 29.1 Å². The molecule has 0 N–H and O–H groups in total. The Kier molecular flexibility index (Phi) is 3.68. The van der Waals surface area contributed by atoms with Crippen LogP contribution in [0.5, 0.6) is 0 Å². The zero-order chi connectivity index (χ0) is 15.1. The minimum absolute atomic E-state index is 0.0226. The molecule has 0 saturated heterocycles. The molecule has 21 heavy (non-hydrogen) atoms. The topological polar surface area (TPSA) is 38.1 Å². The molecule has 0 radical (unpaired) electrons. The van der Waals surface area contributed by atoms with Crippen molar-refractivity contribution < 1.29 is 4.79 Å². The van der Waals surface area contributed by atoms with Crippen LogP contribution in [-0.4, -0.2) is 26.9 Å². The van der Waals surface area contributed by atoms with E-state index in [9.17, 15) is 4.79 Å². The number of aryl methyl sites for hydroxylation is 1. The molecule has 110 valence electrons. The number of carbonyl (C=O) groups excluding carboxylic acids is 1. The highest BCUT2D eigenvalue weighted by atomic mass is 35.5. The zero-order valence-electron chi connectivity index (χ0n) is 11.8. The first-order chi connectivity index (χ1) is 9.99. The lowest BCUT2D eigenvalue weighted by Gasteiger charge is -2.35. The molecule has 0 spiro atoms. The summed E-state index contributed by atoms with van der Waals surface area (Å²) in [5, 5.41) is 0.510. The van der Waals surface area contributed by atoms with E-state index in [1.54, 1.807) is 6.07 Å². The first-order valence-corrected chi connectivity index (χ1v) is 7.52. The van der Waals surface area contributed by atoms with Crippen LogP contribution in [0.15, 0.2) is 24.4 Å². The number of rotatable bonds is 1. The third-order valence-electron chi connectivity index (χ3n) is 4.00. The van der Waals surface area contributed by atoms with Crippen molar-refractivity contribution in [1.29, 1.82) is 0 Å². The van der Waals surface area contributed by atoms with E-state index < -0.39 is 0 Å². The summed E-state index contributed by atoms with van der Waals surface area (Å²) in [6, 6.07) is 5.76. The van der Waals surface area contributed by atoms with Gasteiger partial charge in [0, 0.05) is 30.7 Å². The number of halogens is 2. The van der Waals surface area contributed by atoms with Gasteiger partial charge in [0.05, 0.1) is 16.6 Å². The van der Waals surface area contributed by atoms with Crippen molar-refractivity contribution in [3.05, 3.63) is 51.5 Å². The highest BCUT2D eigenvalue weighted by Crippen LogP contribution is 2.29. The Hall–Kier alpha value is -1.52. The van der Waals surface area contributed by atoms with Crippen molar-refractivity contribution in [1.82, 2.24) is 14.5 Å². The molecule has 3 heterocycles. The Morgan fingerprint density at radius 2 is 2.10 bits per heavy atom. The van der Waals surface area contributed by atoms with Crippen LogP contribution in [0, 0.1) is 6.92 Å². The van der Waals surface area contributed by atoms with Gasteiger partial charge < -0.3 is 9.47 Å². The van der Waals surface area contributed by atoms with Gasteiger partial charge in [0.2, 0.25) is 0 Å². The molecule has 1 aliphatic rings. The van der Waals surface area contributed by atoms with Gasteiger partial charge in [-0.1, -0.05) is 23.2 Å². The quantitative estimate of drug-likeness (QED) is 0.750. The van der Waals surface area contributed by atoms with Gasteiger partial charge in [-0.2, -0.15) is 0 Å². The molecular formula is C15H15Cl2N3O. The van der Waals surface area contributed by atoms with Gasteiger partial charge in [0.25, 0.3) is 5.91 Å². The van der Waals surface area contributed by atoms with Crippen LogP contribution in [0.3, 0.4) is 0 Å². The number of nitrogens with zero attached hydrogens (tertiary/aromatic N) is 3. The van der Waals surface area contributed by atoms with Crippen molar-refractivity contribution in [3.8, 4) is 0 Å². The minimum atomic E-state index is -0.0707. The largest absolute Gasteiger partial charge is 0.345 e. The fourth-order valence-electron chi connectivity index (χ4n) is 2.80. The fourth-order valence-corrected chi connectivity index (χ4v) is 3.07. The zero-order valence-corrected chi connectivity index (χ0v) is 13.3. The third kappa shape index (κ3) is 2.43. The second-order valence-electron chi connectivity index (χ2n) is 5.22. The van der Waals surface area contributed by atoms with E-state index in [4.69, 9.17) is 23.2 Å². The normalized spacial score (nSPS) is 17.7. The van der Waals surface area contributed by atoms with Crippen LogP contribution in [0.1, 0.15) is 34.7 Å².